The maximum Gasteiger partial charge on any atom is 0.303 e. The number of benzene rings is 2. The maximum atomic E-state index is 12.3. The highest BCUT2D eigenvalue weighted by molar-refractivity contribution is 5.68. The Morgan fingerprint density at radius 1 is 0.857 bits per heavy atom. The Morgan fingerprint density at radius 2 is 1.46 bits per heavy atom. The Morgan fingerprint density at radius 3 is 2.03 bits per heavy atom. The van der Waals surface area contributed by atoms with Crippen LogP contribution in [0.4, 0.5) is 0 Å². The second-order valence-electron chi connectivity index (χ2n) is 8.58. The quantitative estimate of drug-likeness (QED) is 0.520. The Hall–Kier alpha value is -3.46. The topological polar surface area (TPSA) is 98.8 Å². The summed E-state index contributed by atoms with van der Waals surface area (Å²) in [6.07, 6.45) is -0.665. The summed E-state index contributed by atoms with van der Waals surface area (Å²) in [6, 6.07) is 9.42. The van der Waals surface area contributed by atoms with Crippen LogP contribution in [0.3, 0.4) is 0 Å². The molecule has 1 heterocycles. The van der Waals surface area contributed by atoms with Gasteiger partial charge < -0.3 is 33.2 Å². The van der Waals surface area contributed by atoms with E-state index in [2.05, 4.69) is 0 Å². The van der Waals surface area contributed by atoms with E-state index in [9.17, 15) is 9.59 Å². The molecule has 0 saturated carbocycles. The summed E-state index contributed by atoms with van der Waals surface area (Å²) in [7, 11) is 6.27. The average Bonchev–Trinajstić information content (AvgIpc) is 3.09. The third-order valence-electron chi connectivity index (χ3n) is 6.72. The Labute approximate surface area is 204 Å². The predicted molar refractivity (Wildman–Crippen MR) is 124 cm³/mol. The lowest BCUT2D eigenvalue weighted by Gasteiger charge is -2.45. The first kappa shape index (κ1) is 24.7. The monoisotopic (exact) mass is 486 g/mol. The van der Waals surface area contributed by atoms with Gasteiger partial charge in [-0.2, -0.15) is 0 Å². The number of fused-ring (bicyclic) bond motifs is 4. The summed E-state index contributed by atoms with van der Waals surface area (Å²) in [4.78, 5) is 24.2. The first-order chi connectivity index (χ1) is 16.8. The summed E-state index contributed by atoms with van der Waals surface area (Å²) >= 11 is 0. The zero-order valence-electron chi connectivity index (χ0n) is 20.7. The molecule has 2 aromatic rings. The first-order valence-electron chi connectivity index (χ1n) is 11.2. The Balaban J connectivity index is 1.98. The minimum absolute atomic E-state index is 0.144. The number of carbonyl (C=O) groups is 2. The normalized spacial score (nSPS) is 24.2. The average molecular weight is 487 g/mol. The molecule has 2 aromatic carbocycles. The third kappa shape index (κ3) is 4.14. The molecule has 4 rings (SSSR count). The van der Waals surface area contributed by atoms with E-state index in [-0.39, 0.29) is 25.0 Å². The van der Waals surface area contributed by atoms with Crippen molar-refractivity contribution < 1.29 is 42.7 Å². The summed E-state index contributed by atoms with van der Waals surface area (Å²) in [5, 5.41) is 0. The molecule has 0 radical (unpaired) electrons. The molecule has 35 heavy (non-hydrogen) atoms. The van der Waals surface area contributed by atoms with Crippen molar-refractivity contribution in [2.75, 3.05) is 41.7 Å². The standard InChI is InChI=1S/C26H30O9/c1-14(27)34-13-26(35-15(2)28)19-12-33-25(26)18-11-23(32-6)22(31-5)10-17(18)24(19)16-7-8-20(29-3)21(9-16)30-4/h7-11,19,24-25H,12-13H2,1-6H3/t19-,24-,25+,26+/m0/s1. The number of hydrogen-bond donors (Lipinski definition) is 0. The van der Waals surface area contributed by atoms with Gasteiger partial charge in [0.25, 0.3) is 0 Å². The molecule has 0 spiro atoms. The molecule has 0 aromatic heterocycles. The van der Waals surface area contributed by atoms with Crippen molar-refractivity contribution in [2.45, 2.75) is 31.5 Å². The SMILES string of the molecule is COc1ccc([C@H]2c3cc(OC)c(OC)cc3[C@H]3OC[C@@H]2[C@@]3(COC(C)=O)OC(C)=O)cc1OC. The van der Waals surface area contributed by atoms with E-state index in [0.29, 0.717) is 23.0 Å². The third-order valence-corrected chi connectivity index (χ3v) is 6.72. The number of carbonyl (C=O) groups excluding carboxylic acids is 2. The van der Waals surface area contributed by atoms with E-state index in [1.165, 1.54) is 13.8 Å². The fourth-order valence-corrected chi connectivity index (χ4v) is 5.31. The molecule has 0 unspecified atom stereocenters. The van der Waals surface area contributed by atoms with Gasteiger partial charge in [0.15, 0.2) is 28.6 Å². The molecule has 4 atom stereocenters. The van der Waals surface area contributed by atoms with Crippen LogP contribution in [0, 0.1) is 5.92 Å². The van der Waals surface area contributed by atoms with Gasteiger partial charge in [0.05, 0.1) is 35.0 Å². The van der Waals surface area contributed by atoms with Gasteiger partial charge in [-0.05, 0) is 41.0 Å². The van der Waals surface area contributed by atoms with Crippen LogP contribution in [0.1, 0.15) is 42.6 Å². The first-order valence-corrected chi connectivity index (χ1v) is 11.2. The van der Waals surface area contributed by atoms with Gasteiger partial charge in [0, 0.05) is 25.7 Å². The van der Waals surface area contributed by atoms with Crippen molar-refractivity contribution in [3.05, 3.63) is 47.0 Å². The summed E-state index contributed by atoms with van der Waals surface area (Å²) in [5.41, 5.74) is 1.36. The van der Waals surface area contributed by atoms with Gasteiger partial charge in [-0.25, -0.2) is 0 Å². The zero-order valence-corrected chi connectivity index (χ0v) is 20.7. The Bertz CT molecular complexity index is 1130. The van der Waals surface area contributed by atoms with Crippen LogP contribution in [0.25, 0.3) is 0 Å². The number of methoxy groups -OCH3 is 4. The van der Waals surface area contributed by atoms with Crippen molar-refractivity contribution in [1.29, 1.82) is 0 Å². The lowest BCUT2D eigenvalue weighted by atomic mass is 9.64. The van der Waals surface area contributed by atoms with Gasteiger partial charge in [-0.3, -0.25) is 9.59 Å². The molecule has 2 bridgehead atoms. The Kier molecular flexibility index (Phi) is 6.80. The molecular weight excluding hydrogens is 456 g/mol. The molecule has 0 N–H and O–H groups in total. The smallest absolute Gasteiger partial charge is 0.303 e. The predicted octanol–water partition coefficient (Wildman–Crippen LogP) is 3.42. The highest BCUT2D eigenvalue weighted by atomic mass is 16.6. The molecule has 188 valence electrons. The molecule has 2 aliphatic rings. The van der Waals surface area contributed by atoms with E-state index in [1.807, 2.05) is 30.3 Å². The zero-order chi connectivity index (χ0) is 25.3. The fourth-order valence-electron chi connectivity index (χ4n) is 5.31. The molecule has 9 heteroatoms. The highest BCUT2D eigenvalue weighted by Gasteiger charge is 2.63. The van der Waals surface area contributed by atoms with Gasteiger partial charge >= 0.3 is 11.9 Å². The van der Waals surface area contributed by atoms with Gasteiger partial charge in [0.2, 0.25) is 0 Å². The molecule has 1 aliphatic carbocycles. The molecule has 9 nitrogen and oxygen atoms in total. The molecule has 1 aliphatic heterocycles. The minimum Gasteiger partial charge on any atom is -0.493 e. The maximum absolute atomic E-state index is 12.3. The van der Waals surface area contributed by atoms with Crippen LogP contribution in [0.15, 0.2) is 30.3 Å². The molecule has 1 fully saturated rings. The van der Waals surface area contributed by atoms with Crippen LogP contribution < -0.4 is 18.9 Å². The summed E-state index contributed by atoms with van der Waals surface area (Å²) in [5.74, 6) is 0.589. The van der Waals surface area contributed by atoms with Crippen LogP contribution in [-0.2, 0) is 23.8 Å². The largest absolute Gasteiger partial charge is 0.493 e. The van der Waals surface area contributed by atoms with Crippen LogP contribution in [0.5, 0.6) is 23.0 Å². The fraction of sp³-hybridized carbons (Fsp3) is 0.462. The molecule has 0 amide bonds. The summed E-state index contributed by atoms with van der Waals surface area (Å²) in [6.45, 7) is 2.79. The molecule has 1 saturated heterocycles. The number of ether oxygens (including phenoxy) is 7. The summed E-state index contributed by atoms with van der Waals surface area (Å²) < 4.78 is 39.8. The van der Waals surface area contributed by atoms with E-state index in [0.717, 1.165) is 16.7 Å². The van der Waals surface area contributed by atoms with E-state index >= 15 is 0 Å². The van der Waals surface area contributed by atoms with Crippen molar-refractivity contribution >= 4 is 11.9 Å². The molecular formula is C26H30O9. The lowest BCUT2D eigenvalue weighted by molar-refractivity contribution is -0.186. The number of rotatable bonds is 8. The second-order valence-corrected chi connectivity index (χ2v) is 8.58. The van der Waals surface area contributed by atoms with Gasteiger partial charge in [0.1, 0.15) is 12.7 Å². The van der Waals surface area contributed by atoms with Crippen LogP contribution in [0.2, 0.25) is 0 Å². The van der Waals surface area contributed by atoms with Gasteiger partial charge in [-0.15, -0.1) is 0 Å². The van der Waals surface area contributed by atoms with Crippen molar-refractivity contribution in [1.82, 2.24) is 0 Å². The van der Waals surface area contributed by atoms with Crippen molar-refractivity contribution in [3.8, 4) is 23.0 Å². The number of esters is 2. The lowest BCUT2D eigenvalue weighted by Crippen LogP contribution is -2.52. The van der Waals surface area contributed by atoms with Crippen LogP contribution >= 0.6 is 0 Å². The van der Waals surface area contributed by atoms with E-state index < -0.39 is 23.6 Å². The van der Waals surface area contributed by atoms with E-state index in [4.69, 9.17) is 33.2 Å². The van der Waals surface area contributed by atoms with E-state index in [1.54, 1.807) is 28.4 Å². The highest BCUT2D eigenvalue weighted by Crippen LogP contribution is 2.59. The van der Waals surface area contributed by atoms with Crippen molar-refractivity contribution in [3.63, 3.8) is 0 Å². The minimum atomic E-state index is -1.23. The number of hydrogen-bond acceptors (Lipinski definition) is 9. The van der Waals surface area contributed by atoms with Crippen LogP contribution in [-0.4, -0.2) is 59.2 Å². The van der Waals surface area contributed by atoms with Gasteiger partial charge in [-0.1, -0.05) is 6.07 Å². The second kappa shape index (κ2) is 9.65. The van der Waals surface area contributed by atoms with Crippen molar-refractivity contribution in [2.24, 2.45) is 5.92 Å².